The van der Waals surface area contributed by atoms with Crippen molar-refractivity contribution in [3.8, 4) is 0 Å². The molecule has 0 fully saturated rings. The van der Waals surface area contributed by atoms with Crippen molar-refractivity contribution in [3.05, 3.63) is 0 Å². The van der Waals surface area contributed by atoms with E-state index in [4.69, 9.17) is 15.9 Å². The Kier molecular flexibility index (Phi) is 8.68. The van der Waals surface area contributed by atoms with Crippen LogP contribution in [0.4, 0.5) is 0 Å². The second-order valence-corrected chi connectivity index (χ2v) is 6.23. The van der Waals surface area contributed by atoms with E-state index in [2.05, 4.69) is 10.6 Å². The molecule has 9 nitrogen and oxygen atoms in total. The van der Waals surface area contributed by atoms with Crippen LogP contribution in [0, 0.1) is 0 Å². The molecular weight excluding hydrogens is 301 g/mol. The standard InChI is InChI=1S/C11H20N3O6P/c1-6(9(16)14-7(2)11(18)19)13-10(17)8(12)3-4-21(20)5-15/h6-8,15H,3-5,12H2,1-2H3,(H2-,13,14,16,17,18,19)/p+1. The maximum atomic E-state index is 11.7. The molecule has 10 heteroatoms. The number of hydrogen-bond donors (Lipinski definition) is 5. The Morgan fingerprint density at radius 2 is 1.67 bits per heavy atom. The summed E-state index contributed by atoms with van der Waals surface area (Å²) in [5.74, 6) is -2.44. The van der Waals surface area contributed by atoms with Crippen molar-refractivity contribution in [1.29, 1.82) is 0 Å². The van der Waals surface area contributed by atoms with Crippen molar-refractivity contribution in [3.63, 3.8) is 0 Å². The number of aliphatic carboxylic acids is 1. The summed E-state index contributed by atoms with van der Waals surface area (Å²) in [6, 6.07) is -2.97. The highest BCUT2D eigenvalue weighted by Crippen LogP contribution is 2.19. The van der Waals surface area contributed by atoms with Crippen molar-refractivity contribution in [2.75, 3.05) is 12.5 Å². The Bertz CT molecular complexity index is 417. The predicted molar refractivity (Wildman–Crippen MR) is 75.0 cm³/mol. The number of amides is 2. The summed E-state index contributed by atoms with van der Waals surface area (Å²) in [4.78, 5) is 33.9. The number of hydrogen-bond acceptors (Lipinski definition) is 6. The lowest BCUT2D eigenvalue weighted by Gasteiger charge is -2.18. The lowest BCUT2D eigenvalue weighted by molar-refractivity contribution is -0.141. The van der Waals surface area contributed by atoms with E-state index in [-0.39, 0.29) is 12.6 Å². The first-order valence-corrected chi connectivity index (χ1v) is 7.94. The largest absolute Gasteiger partial charge is 0.480 e. The SMILES string of the molecule is CC(NC(=O)C(C)NC(=O)C(N)CC[P+](=O)CO)C(=O)O. The number of carbonyl (C=O) groups is 3. The molecule has 0 aliphatic rings. The molecule has 120 valence electrons. The zero-order chi connectivity index (χ0) is 16.6. The van der Waals surface area contributed by atoms with E-state index in [9.17, 15) is 18.9 Å². The Morgan fingerprint density at radius 3 is 2.14 bits per heavy atom. The number of carboxylic acid groups (broad SMARTS) is 1. The topological polar surface area (TPSA) is 159 Å². The summed E-state index contributed by atoms with van der Waals surface area (Å²) in [6.45, 7) is 2.69. The molecule has 4 unspecified atom stereocenters. The van der Waals surface area contributed by atoms with E-state index in [1.807, 2.05) is 0 Å². The molecule has 0 heterocycles. The number of carboxylic acids is 1. The minimum Gasteiger partial charge on any atom is -0.480 e. The summed E-state index contributed by atoms with van der Waals surface area (Å²) < 4.78 is 11.0. The highest BCUT2D eigenvalue weighted by Gasteiger charge is 2.24. The molecule has 4 atom stereocenters. The van der Waals surface area contributed by atoms with Crippen LogP contribution in [0.5, 0.6) is 0 Å². The Morgan fingerprint density at radius 1 is 1.14 bits per heavy atom. The lowest BCUT2D eigenvalue weighted by Crippen LogP contribution is -2.52. The van der Waals surface area contributed by atoms with Crippen molar-refractivity contribution < 1.29 is 29.2 Å². The molecule has 0 aliphatic carbocycles. The van der Waals surface area contributed by atoms with Crippen molar-refractivity contribution in [2.24, 2.45) is 5.73 Å². The third-order valence-electron chi connectivity index (χ3n) is 2.67. The summed E-state index contributed by atoms with van der Waals surface area (Å²) >= 11 is 0. The molecular formula is C11H21N3O6P+. The molecule has 0 spiro atoms. The third kappa shape index (κ3) is 7.69. The van der Waals surface area contributed by atoms with Crippen LogP contribution in [0.2, 0.25) is 0 Å². The normalized spacial score (nSPS) is 15.5. The second-order valence-electron chi connectivity index (χ2n) is 4.54. The minimum absolute atomic E-state index is 0.108. The van der Waals surface area contributed by atoms with Gasteiger partial charge in [-0.05, 0) is 13.8 Å². The first-order chi connectivity index (χ1) is 9.68. The van der Waals surface area contributed by atoms with Gasteiger partial charge in [0.1, 0.15) is 12.1 Å². The predicted octanol–water partition coefficient (Wildman–Crippen LogP) is -1.42. The molecule has 0 aliphatic heterocycles. The smallest absolute Gasteiger partial charge is 0.366 e. The number of nitrogens with two attached hydrogens (primary N) is 1. The van der Waals surface area contributed by atoms with Crippen LogP contribution in [-0.4, -0.2) is 58.6 Å². The van der Waals surface area contributed by atoms with Crippen LogP contribution in [0.25, 0.3) is 0 Å². The van der Waals surface area contributed by atoms with E-state index < -0.39 is 50.1 Å². The van der Waals surface area contributed by atoms with Crippen LogP contribution in [0.15, 0.2) is 0 Å². The van der Waals surface area contributed by atoms with Crippen LogP contribution >= 0.6 is 7.80 Å². The third-order valence-corrected chi connectivity index (χ3v) is 3.74. The van der Waals surface area contributed by atoms with Gasteiger partial charge >= 0.3 is 13.8 Å². The fraction of sp³-hybridized carbons (Fsp3) is 0.727. The van der Waals surface area contributed by atoms with Gasteiger partial charge < -0.3 is 26.6 Å². The quantitative estimate of drug-likeness (QED) is 0.325. The molecule has 0 saturated carbocycles. The number of aliphatic hydroxyl groups excluding tert-OH is 1. The van der Waals surface area contributed by atoms with Gasteiger partial charge in [-0.1, -0.05) is 4.57 Å². The van der Waals surface area contributed by atoms with Crippen LogP contribution in [-0.2, 0) is 18.9 Å². The van der Waals surface area contributed by atoms with Gasteiger partial charge in [0.15, 0.2) is 6.16 Å². The Balaban J connectivity index is 4.27. The number of rotatable bonds is 9. The van der Waals surface area contributed by atoms with Crippen LogP contribution in [0.3, 0.4) is 0 Å². The van der Waals surface area contributed by atoms with E-state index >= 15 is 0 Å². The van der Waals surface area contributed by atoms with Gasteiger partial charge in [-0.25, -0.2) is 0 Å². The molecule has 0 aromatic heterocycles. The van der Waals surface area contributed by atoms with Crippen molar-refractivity contribution in [1.82, 2.24) is 10.6 Å². The number of aliphatic hydroxyl groups is 1. The summed E-state index contributed by atoms with van der Waals surface area (Å²) in [5, 5.41) is 21.8. The molecule has 0 rings (SSSR count). The zero-order valence-corrected chi connectivity index (χ0v) is 12.8. The molecule has 2 amide bonds. The summed E-state index contributed by atoms with van der Waals surface area (Å²) in [6.07, 6.45) is -0.242. The monoisotopic (exact) mass is 322 g/mol. The Labute approximate surface area is 123 Å². The molecule has 6 N–H and O–H groups in total. The molecule has 0 saturated heterocycles. The fourth-order valence-electron chi connectivity index (χ4n) is 1.27. The van der Waals surface area contributed by atoms with Gasteiger partial charge in [0.2, 0.25) is 18.2 Å². The highest BCUT2D eigenvalue weighted by atomic mass is 31.1. The zero-order valence-electron chi connectivity index (χ0n) is 11.9. The molecule has 21 heavy (non-hydrogen) atoms. The van der Waals surface area contributed by atoms with Gasteiger partial charge in [-0.2, -0.15) is 0 Å². The highest BCUT2D eigenvalue weighted by molar-refractivity contribution is 7.44. The minimum atomic E-state index is -1.79. The summed E-state index contributed by atoms with van der Waals surface area (Å²) in [5.41, 5.74) is 5.57. The fourth-order valence-corrected chi connectivity index (χ4v) is 1.98. The van der Waals surface area contributed by atoms with Crippen LogP contribution in [0.1, 0.15) is 20.3 Å². The maximum Gasteiger partial charge on any atom is 0.366 e. The molecule has 0 radical (unpaired) electrons. The molecule has 0 bridgehead atoms. The summed E-state index contributed by atoms with van der Waals surface area (Å²) in [7, 11) is -1.79. The average molecular weight is 322 g/mol. The second kappa shape index (κ2) is 9.38. The van der Waals surface area contributed by atoms with Gasteiger partial charge in [0, 0.05) is 6.42 Å². The number of carbonyl (C=O) groups excluding carboxylic acids is 2. The lowest BCUT2D eigenvalue weighted by atomic mass is 10.2. The first kappa shape index (κ1) is 19.4. The van der Waals surface area contributed by atoms with E-state index in [1.54, 1.807) is 0 Å². The average Bonchev–Trinajstić information content (AvgIpc) is 2.43. The Hall–Kier alpha value is -1.57. The van der Waals surface area contributed by atoms with Gasteiger partial charge in [-0.15, -0.1) is 0 Å². The van der Waals surface area contributed by atoms with E-state index in [0.29, 0.717) is 0 Å². The van der Waals surface area contributed by atoms with Gasteiger partial charge in [0.25, 0.3) is 0 Å². The van der Waals surface area contributed by atoms with Crippen molar-refractivity contribution >= 4 is 25.6 Å². The van der Waals surface area contributed by atoms with Gasteiger partial charge in [0.05, 0.1) is 6.04 Å². The van der Waals surface area contributed by atoms with E-state index in [1.165, 1.54) is 13.8 Å². The maximum absolute atomic E-state index is 11.7. The van der Waals surface area contributed by atoms with E-state index in [0.717, 1.165) is 0 Å². The van der Waals surface area contributed by atoms with Crippen molar-refractivity contribution in [2.45, 2.75) is 38.4 Å². The number of nitrogens with one attached hydrogen (secondary N) is 2. The molecule has 0 aromatic carbocycles. The van der Waals surface area contributed by atoms with Gasteiger partial charge in [-0.3, -0.25) is 14.4 Å². The first-order valence-electron chi connectivity index (χ1n) is 6.31. The molecule has 0 aromatic rings. The van der Waals surface area contributed by atoms with Crippen LogP contribution < -0.4 is 16.4 Å².